The first kappa shape index (κ1) is 13.7. The molecule has 100 valence electrons. The van der Waals surface area contributed by atoms with Crippen LogP contribution in [-0.2, 0) is 16.1 Å². The fraction of sp³-hybridized carbons (Fsp3) is 0.308. The van der Waals surface area contributed by atoms with Gasteiger partial charge in [0.25, 0.3) is 0 Å². The maximum atomic E-state index is 12.0. The summed E-state index contributed by atoms with van der Waals surface area (Å²) in [7, 11) is 0. The molecule has 0 N–H and O–H groups in total. The molecular formula is C13H13BrN2O3. The van der Waals surface area contributed by atoms with Crippen LogP contribution in [0.15, 0.2) is 28.7 Å². The summed E-state index contributed by atoms with van der Waals surface area (Å²) < 4.78 is 0.803. The van der Waals surface area contributed by atoms with Gasteiger partial charge in [-0.1, -0.05) is 41.1 Å². The summed E-state index contributed by atoms with van der Waals surface area (Å²) in [5.74, 6) is -1.49. The van der Waals surface area contributed by atoms with E-state index >= 15 is 0 Å². The molecule has 6 heteroatoms. The van der Waals surface area contributed by atoms with Gasteiger partial charge < -0.3 is 0 Å². The molecule has 2 rings (SSSR count). The minimum Gasteiger partial charge on any atom is -0.263 e. The number of urea groups is 1. The fourth-order valence-corrected chi connectivity index (χ4v) is 2.32. The van der Waals surface area contributed by atoms with Gasteiger partial charge in [-0.2, -0.15) is 0 Å². The highest BCUT2D eigenvalue weighted by molar-refractivity contribution is 9.10. The van der Waals surface area contributed by atoms with E-state index in [9.17, 15) is 14.4 Å². The average molecular weight is 325 g/mol. The van der Waals surface area contributed by atoms with Gasteiger partial charge in [-0.15, -0.1) is 0 Å². The minimum absolute atomic E-state index is 0.102. The molecular weight excluding hydrogens is 312 g/mol. The predicted octanol–water partition coefficient (Wildman–Crippen LogP) is 2.15. The monoisotopic (exact) mass is 324 g/mol. The number of amides is 4. The van der Waals surface area contributed by atoms with Gasteiger partial charge in [-0.25, -0.2) is 4.79 Å². The van der Waals surface area contributed by atoms with E-state index in [-0.39, 0.29) is 13.1 Å². The maximum absolute atomic E-state index is 12.0. The second-order valence-corrected chi connectivity index (χ2v) is 5.08. The van der Waals surface area contributed by atoms with Crippen molar-refractivity contribution >= 4 is 33.8 Å². The Morgan fingerprint density at radius 1 is 1.05 bits per heavy atom. The van der Waals surface area contributed by atoms with Gasteiger partial charge in [0.1, 0.15) is 0 Å². The molecule has 0 atom stereocenters. The zero-order chi connectivity index (χ0) is 14.0. The van der Waals surface area contributed by atoms with Gasteiger partial charge >= 0.3 is 17.8 Å². The van der Waals surface area contributed by atoms with Crippen LogP contribution in [0.2, 0.25) is 0 Å². The van der Waals surface area contributed by atoms with E-state index in [2.05, 4.69) is 15.9 Å². The number of rotatable bonds is 4. The van der Waals surface area contributed by atoms with E-state index < -0.39 is 17.8 Å². The maximum Gasteiger partial charge on any atom is 0.334 e. The van der Waals surface area contributed by atoms with E-state index in [4.69, 9.17) is 0 Å². The van der Waals surface area contributed by atoms with Crippen molar-refractivity contribution in [1.82, 2.24) is 9.80 Å². The highest BCUT2D eigenvalue weighted by Gasteiger charge is 2.43. The molecule has 19 heavy (non-hydrogen) atoms. The molecule has 1 aromatic carbocycles. The molecule has 0 aliphatic carbocycles. The van der Waals surface area contributed by atoms with Crippen molar-refractivity contribution in [1.29, 1.82) is 0 Å². The molecule has 1 saturated heterocycles. The Morgan fingerprint density at radius 3 is 2.32 bits per heavy atom. The average Bonchev–Trinajstić information content (AvgIpc) is 2.59. The Hall–Kier alpha value is -1.69. The number of halogens is 1. The van der Waals surface area contributed by atoms with Crippen molar-refractivity contribution in [2.45, 2.75) is 19.9 Å². The number of carbonyl (C=O) groups excluding carboxylic acids is 3. The van der Waals surface area contributed by atoms with E-state index in [1.54, 1.807) is 6.07 Å². The first-order valence-corrected chi connectivity index (χ1v) is 6.76. The van der Waals surface area contributed by atoms with Crippen LogP contribution in [0.4, 0.5) is 4.79 Å². The third-order valence-electron chi connectivity index (χ3n) is 2.87. The van der Waals surface area contributed by atoms with Crippen molar-refractivity contribution < 1.29 is 14.4 Å². The number of benzene rings is 1. The van der Waals surface area contributed by atoms with E-state index in [0.717, 1.165) is 19.8 Å². The van der Waals surface area contributed by atoms with Crippen LogP contribution in [-0.4, -0.2) is 34.2 Å². The molecule has 0 unspecified atom stereocenters. The lowest BCUT2D eigenvalue weighted by Gasteiger charge is -2.15. The first-order valence-electron chi connectivity index (χ1n) is 5.97. The van der Waals surface area contributed by atoms with Crippen molar-refractivity contribution in [3.8, 4) is 0 Å². The zero-order valence-electron chi connectivity index (χ0n) is 10.4. The Bertz CT molecular complexity index is 544. The Kier molecular flexibility index (Phi) is 3.99. The smallest absolute Gasteiger partial charge is 0.263 e. The van der Waals surface area contributed by atoms with Gasteiger partial charge in [0.05, 0.1) is 6.54 Å². The molecule has 1 aliphatic rings. The van der Waals surface area contributed by atoms with Crippen LogP contribution < -0.4 is 0 Å². The van der Waals surface area contributed by atoms with E-state index in [1.165, 1.54) is 0 Å². The number of hydrogen-bond acceptors (Lipinski definition) is 3. The summed E-state index contributed by atoms with van der Waals surface area (Å²) in [6, 6.07) is 6.75. The summed E-state index contributed by atoms with van der Waals surface area (Å²) in [6.07, 6.45) is 0.633. The third-order valence-corrected chi connectivity index (χ3v) is 3.64. The fourth-order valence-electron chi connectivity index (χ4n) is 1.91. The summed E-state index contributed by atoms with van der Waals surface area (Å²) in [5, 5.41) is 0. The molecule has 0 bridgehead atoms. The summed E-state index contributed by atoms with van der Waals surface area (Å²) in [4.78, 5) is 37.5. The lowest BCUT2D eigenvalue weighted by Crippen LogP contribution is -2.33. The van der Waals surface area contributed by atoms with Gasteiger partial charge in [0.15, 0.2) is 0 Å². The summed E-state index contributed by atoms with van der Waals surface area (Å²) >= 11 is 3.36. The lowest BCUT2D eigenvalue weighted by atomic mass is 10.2. The molecule has 5 nitrogen and oxygen atoms in total. The SMILES string of the molecule is CCCN1C(=O)C(=O)N(Cc2ccccc2Br)C1=O. The van der Waals surface area contributed by atoms with Gasteiger partial charge in [-0.3, -0.25) is 19.4 Å². The summed E-state index contributed by atoms with van der Waals surface area (Å²) in [5.41, 5.74) is 0.787. The van der Waals surface area contributed by atoms with Crippen LogP contribution in [0.5, 0.6) is 0 Å². The Balaban J connectivity index is 2.22. The van der Waals surface area contributed by atoms with Crippen molar-refractivity contribution in [3.05, 3.63) is 34.3 Å². The van der Waals surface area contributed by atoms with E-state index in [0.29, 0.717) is 6.42 Å². The number of carbonyl (C=O) groups is 3. The first-order chi connectivity index (χ1) is 9.06. The molecule has 0 spiro atoms. The van der Waals surface area contributed by atoms with Crippen LogP contribution in [0.3, 0.4) is 0 Å². The molecule has 1 aliphatic heterocycles. The highest BCUT2D eigenvalue weighted by atomic mass is 79.9. The lowest BCUT2D eigenvalue weighted by molar-refractivity contribution is -0.143. The van der Waals surface area contributed by atoms with Gasteiger partial charge in [-0.05, 0) is 18.1 Å². The van der Waals surface area contributed by atoms with Crippen molar-refractivity contribution in [3.63, 3.8) is 0 Å². The van der Waals surface area contributed by atoms with Gasteiger partial charge in [0.2, 0.25) is 0 Å². The molecule has 0 saturated carbocycles. The molecule has 4 amide bonds. The number of imide groups is 2. The molecule has 0 aromatic heterocycles. The van der Waals surface area contributed by atoms with Crippen LogP contribution in [0.1, 0.15) is 18.9 Å². The second-order valence-electron chi connectivity index (χ2n) is 4.22. The summed E-state index contributed by atoms with van der Waals surface area (Å²) in [6.45, 7) is 2.22. The third kappa shape index (κ3) is 2.53. The van der Waals surface area contributed by atoms with Crippen molar-refractivity contribution in [2.24, 2.45) is 0 Å². The van der Waals surface area contributed by atoms with Crippen LogP contribution in [0, 0.1) is 0 Å². The second kappa shape index (κ2) is 5.52. The minimum atomic E-state index is -0.755. The van der Waals surface area contributed by atoms with Crippen LogP contribution in [0.25, 0.3) is 0 Å². The molecule has 0 radical (unpaired) electrons. The quantitative estimate of drug-likeness (QED) is 0.630. The zero-order valence-corrected chi connectivity index (χ0v) is 12.0. The predicted molar refractivity (Wildman–Crippen MR) is 72.1 cm³/mol. The molecule has 1 fully saturated rings. The van der Waals surface area contributed by atoms with Gasteiger partial charge in [0, 0.05) is 11.0 Å². The van der Waals surface area contributed by atoms with Crippen molar-refractivity contribution in [2.75, 3.05) is 6.54 Å². The topological polar surface area (TPSA) is 57.7 Å². The number of nitrogens with zero attached hydrogens (tertiary/aromatic N) is 2. The normalized spacial score (nSPS) is 15.6. The Labute approximate surface area is 119 Å². The molecule has 1 aromatic rings. The Morgan fingerprint density at radius 2 is 1.68 bits per heavy atom. The standard InChI is InChI=1S/C13H13BrN2O3/c1-2-7-15-11(17)12(18)16(13(15)19)8-9-5-3-4-6-10(9)14/h3-6H,2,7-8H2,1H3. The largest absolute Gasteiger partial charge is 0.334 e. The number of hydrogen-bond donors (Lipinski definition) is 0. The highest BCUT2D eigenvalue weighted by Crippen LogP contribution is 2.21. The van der Waals surface area contributed by atoms with Crippen LogP contribution >= 0.6 is 15.9 Å². The molecule has 1 heterocycles. The van der Waals surface area contributed by atoms with E-state index in [1.807, 2.05) is 25.1 Å².